The van der Waals surface area contributed by atoms with Crippen molar-refractivity contribution in [2.75, 3.05) is 13.2 Å². The second kappa shape index (κ2) is 6.79. The summed E-state index contributed by atoms with van der Waals surface area (Å²) in [5.74, 6) is 1.01. The summed E-state index contributed by atoms with van der Waals surface area (Å²) in [4.78, 5) is 0. The van der Waals surface area contributed by atoms with Crippen LogP contribution in [0.2, 0.25) is 0 Å². The van der Waals surface area contributed by atoms with Crippen LogP contribution in [0.1, 0.15) is 77.6 Å². The summed E-state index contributed by atoms with van der Waals surface area (Å²) in [6.07, 6.45) is 16.3. The van der Waals surface area contributed by atoms with E-state index in [2.05, 4.69) is 12.2 Å². The molecule has 0 heterocycles. The minimum absolute atomic E-state index is 0.516. The van der Waals surface area contributed by atoms with Crippen LogP contribution in [0.4, 0.5) is 0 Å². The first kappa shape index (κ1) is 14.8. The Kier molecular flexibility index (Phi) is 5.04. The van der Waals surface area contributed by atoms with Crippen LogP contribution in [0, 0.1) is 11.3 Å². The molecule has 3 saturated carbocycles. The molecule has 0 aromatic heterocycles. The highest BCUT2D eigenvalue weighted by molar-refractivity contribution is 5.09. The first-order valence-electron chi connectivity index (χ1n) is 9.20. The summed E-state index contributed by atoms with van der Waals surface area (Å²) in [5, 5.41) is 3.91. The molecule has 2 unspecified atom stereocenters. The van der Waals surface area contributed by atoms with E-state index < -0.39 is 0 Å². The van der Waals surface area contributed by atoms with Gasteiger partial charge in [0.25, 0.3) is 0 Å². The lowest BCUT2D eigenvalue weighted by Crippen LogP contribution is -2.62. The lowest BCUT2D eigenvalue weighted by atomic mass is 9.60. The van der Waals surface area contributed by atoms with Crippen LogP contribution < -0.4 is 5.32 Å². The van der Waals surface area contributed by atoms with Crippen molar-refractivity contribution in [3.63, 3.8) is 0 Å². The van der Waals surface area contributed by atoms with Crippen molar-refractivity contribution in [2.45, 2.75) is 89.7 Å². The van der Waals surface area contributed by atoms with Crippen LogP contribution in [-0.2, 0) is 4.74 Å². The maximum absolute atomic E-state index is 6.00. The predicted molar refractivity (Wildman–Crippen MR) is 83.9 cm³/mol. The molecular formula is C18H33NO. The monoisotopic (exact) mass is 279 g/mol. The van der Waals surface area contributed by atoms with Gasteiger partial charge in [0.1, 0.15) is 0 Å². The zero-order valence-electron chi connectivity index (χ0n) is 13.3. The van der Waals surface area contributed by atoms with E-state index in [-0.39, 0.29) is 0 Å². The fraction of sp³-hybridized carbons (Fsp3) is 1.00. The highest BCUT2D eigenvalue weighted by Crippen LogP contribution is 2.54. The average Bonchev–Trinajstić information content (AvgIpc) is 2.99. The first-order valence-corrected chi connectivity index (χ1v) is 9.20. The molecule has 3 aliphatic rings. The fourth-order valence-electron chi connectivity index (χ4n) is 5.11. The highest BCUT2D eigenvalue weighted by Gasteiger charge is 2.56. The SMILES string of the molecule is CCOC1CC(NCCC2CCCCC2)C12CCCC2. The van der Waals surface area contributed by atoms with Crippen molar-refractivity contribution in [2.24, 2.45) is 11.3 Å². The molecule has 3 rings (SSSR count). The van der Waals surface area contributed by atoms with Gasteiger partial charge in [0.05, 0.1) is 6.10 Å². The van der Waals surface area contributed by atoms with E-state index in [4.69, 9.17) is 4.74 Å². The standard InChI is InChI=1S/C18H33NO/c1-2-20-17-14-16(18(17)11-6-7-12-18)19-13-10-15-8-4-3-5-9-15/h15-17,19H,2-14H2,1H3. The summed E-state index contributed by atoms with van der Waals surface area (Å²) in [6.45, 7) is 4.28. The molecule has 1 N–H and O–H groups in total. The predicted octanol–water partition coefficient (Wildman–Crippen LogP) is 4.28. The van der Waals surface area contributed by atoms with Gasteiger partial charge < -0.3 is 10.1 Å². The van der Waals surface area contributed by atoms with E-state index in [1.165, 1.54) is 77.2 Å². The zero-order valence-corrected chi connectivity index (χ0v) is 13.3. The Hall–Kier alpha value is -0.0800. The Bertz CT molecular complexity index is 292. The molecule has 0 aromatic carbocycles. The quantitative estimate of drug-likeness (QED) is 0.783. The fourth-order valence-corrected chi connectivity index (χ4v) is 5.11. The van der Waals surface area contributed by atoms with E-state index in [0.717, 1.165) is 18.6 Å². The van der Waals surface area contributed by atoms with Crippen molar-refractivity contribution < 1.29 is 4.74 Å². The number of hydrogen-bond acceptors (Lipinski definition) is 2. The van der Waals surface area contributed by atoms with Gasteiger partial charge in [-0.2, -0.15) is 0 Å². The van der Waals surface area contributed by atoms with Crippen molar-refractivity contribution in [1.82, 2.24) is 5.32 Å². The lowest BCUT2D eigenvalue weighted by molar-refractivity contribution is -0.130. The maximum atomic E-state index is 6.00. The van der Waals surface area contributed by atoms with Gasteiger partial charge >= 0.3 is 0 Å². The third kappa shape index (κ3) is 2.92. The third-order valence-electron chi connectivity index (χ3n) is 6.36. The second-order valence-corrected chi connectivity index (χ2v) is 7.42. The van der Waals surface area contributed by atoms with Crippen molar-refractivity contribution in [3.05, 3.63) is 0 Å². The van der Waals surface area contributed by atoms with E-state index in [1.807, 2.05) is 0 Å². The van der Waals surface area contributed by atoms with Gasteiger partial charge in [-0.1, -0.05) is 44.9 Å². The van der Waals surface area contributed by atoms with E-state index in [1.54, 1.807) is 0 Å². The van der Waals surface area contributed by atoms with Gasteiger partial charge in [0.15, 0.2) is 0 Å². The molecule has 0 saturated heterocycles. The molecule has 116 valence electrons. The molecule has 2 nitrogen and oxygen atoms in total. The smallest absolute Gasteiger partial charge is 0.0661 e. The van der Waals surface area contributed by atoms with E-state index in [0.29, 0.717) is 11.5 Å². The molecule has 3 fully saturated rings. The van der Waals surface area contributed by atoms with E-state index in [9.17, 15) is 0 Å². The Labute approximate surface area is 125 Å². The summed E-state index contributed by atoms with van der Waals surface area (Å²) in [6, 6.07) is 0.755. The van der Waals surface area contributed by atoms with Crippen molar-refractivity contribution >= 4 is 0 Å². The van der Waals surface area contributed by atoms with Crippen molar-refractivity contribution in [1.29, 1.82) is 0 Å². The normalized spacial score (nSPS) is 33.5. The topological polar surface area (TPSA) is 21.3 Å². The summed E-state index contributed by atoms with van der Waals surface area (Å²) in [7, 11) is 0. The minimum atomic E-state index is 0.516. The Morgan fingerprint density at radius 1 is 1.05 bits per heavy atom. The highest BCUT2D eigenvalue weighted by atomic mass is 16.5. The van der Waals surface area contributed by atoms with Gasteiger partial charge in [0, 0.05) is 18.1 Å². The summed E-state index contributed by atoms with van der Waals surface area (Å²) < 4.78 is 6.00. The van der Waals surface area contributed by atoms with Crippen LogP contribution in [0.25, 0.3) is 0 Å². The van der Waals surface area contributed by atoms with Gasteiger partial charge in [-0.05, 0) is 45.1 Å². The molecule has 0 amide bonds. The molecule has 20 heavy (non-hydrogen) atoms. The second-order valence-electron chi connectivity index (χ2n) is 7.42. The number of hydrogen-bond donors (Lipinski definition) is 1. The molecule has 3 aliphatic carbocycles. The zero-order chi connectivity index (χ0) is 13.8. The van der Waals surface area contributed by atoms with E-state index >= 15 is 0 Å². The maximum Gasteiger partial charge on any atom is 0.0661 e. The summed E-state index contributed by atoms with van der Waals surface area (Å²) in [5.41, 5.74) is 0.516. The van der Waals surface area contributed by atoms with Gasteiger partial charge in [-0.15, -0.1) is 0 Å². The van der Waals surface area contributed by atoms with Crippen LogP contribution in [0.3, 0.4) is 0 Å². The number of nitrogens with one attached hydrogen (secondary N) is 1. The molecule has 0 radical (unpaired) electrons. The molecule has 0 aromatic rings. The van der Waals surface area contributed by atoms with Crippen molar-refractivity contribution in [3.8, 4) is 0 Å². The average molecular weight is 279 g/mol. The Morgan fingerprint density at radius 2 is 1.80 bits per heavy atom. The lowest BCUT2D eigenvalue weighted by Gasteiger charge is -2.54. The minimum Gasteiger partial charge on any atom is -0.378 e. The van der Waals surface area contributed by atoms with Gasteiger partial charge in [-0.3, -0.25) is 0 Å². The van der Waals surface area contributed by atoms with Gasteiger partial charge in [0.2, 0.25) is 0 Å². The van der Waals surface area contributed by atoms with Crippen LogP contribution in [0.15, 0.2) is 0 Å². The molecule has 0 bridgehead atoms. The molecule has 1 spiro atoms. The third-order valence-corrected chi connectivity index (χ3v) is 6.36. The van der Waals surface area contributed by atoms with Crippen LogP contribution in [0.5, 0.6) is 0 Å². The molecule has 2 heteroatoms. The first-order chi connectivity index (χ1) is 9.85. The molecular weight excluding hydrogens is 246 g/mol. The summed E-state index contributed by atoms with van der Waals surface area (Å²) >= 11 is 0. The van der Waals surface area contributed by atoms with Crippen LogP contribution >= 0.6 is 0 Å². The largest absolute Gasteiger partial charge is 0.378 e. The Balaban J connectivity index is 1.43. The number of rotatable bonds is 6. The molecule has 2 atom stereocenters. The number of ether oxygens (including phenoxy) is 1. The van der Waals surface area contributed by atoms with Crippen LogP contribution in [-0.4, -0.2) is 25.3 Å². The molecule has 0 aliphatic heterocycles. The Morgan fingerprint density at radius 3 is 2.50 bits per heavy atom. The van der Waals surface area contributed by atoms with Gasteiger partial charge in [-0.25, -0.2) is 0 Å².